The van der Waals surface area contributed by atoms with Crippen molar-refractivity contribution < 1.29 is 13.2 Å². The van der Waals surface area contributed by atoms with Gasteiger partial charge in [0.2, 0.25) is 0 Å². The number of aromatic nitrogens is 1. The summed E-state index contributed by atoms with van der Waals surface area (Å²) in [6.07, 6.45) is 7.11. The van der Waals surface area contributed by atoms with Crippen LogP contribution in [0.25, 0.3) is 11.3 Å². The smallest absolute Gasteiger partial charge is 0.181 e. The van der Waals surface area contributed by atoms with Gasteiger partial charge in [-0.3, -0.25) is 4.79 Å². The van der Waals surface area contributed by atoms with Gasteiger partial charge in [-0.2, -0.15) is 0 Å². The van der Waals surface area contributed by atoms with Crippen molar-refractivity contribution >= 4 is 15.6 Å². The van der Waals surface area contributed by atoms with Crippen LogP contribution in [0.1, 0.15) is 60.6 Å². The zero-order valence-electron chi connectivity index (χ0n) is 17.0. The molecule has 1 aliphatic carbocycles. The normalized spacial score (nSPS) is 15.5. The number of rotatable bonds is 6. The number of sulfone groups is 1. The Kier molecular flexibility index (Phi) is 5.94. The highest BCUT2D eigenvalue weighted by molar-refractivity contribution is 7.92. The predicted octanol–water partition coefficient (Wildman–Crippen LogP) is 5.04. The third kappa shape index (κ3) is 3.60. The molecule has 0 aliphatic heterocycles. The van der Waals surface area contributed by atoms with E-state index < -0.39 is 9.84 Å². The zero-order valence-corrected chi connectivity index (χ0v) is 17.8. The van der Waals surface area contributed by atoms with Crippen molar-refractivity contribution in [1.82, 2.24) is 4.57 Å². The van der Waals surface area contributed by atoms with Crippen LogP contribution in [0.2, 0.25) is 0 Å². The molecule has 0 N–H and O–H groups in total. The van der Waals surface area contributed by atoms with Crippen LogP contribution < -0.4 is 0 Å². The van der Waals surface area contributed by atoms with E-state index in [1.807, 2.05) is 36.7 Å². The summed E-state index contributed by atoms with van der Waals surface area (Å²) in [5.41, 5.74) is 4.57. The van der Waals surface area contributed by atoms with Gasteiger partial charge in [0, 0.05) is 14.0 Å². The van der Waals surface area contributed by atoms with E-state index in [9.17, 15) is 13.2 Å². The molecule has 0 radical (unpaired) electrons. The maximum absolute atomic E-state index is 13.0. The molecule has 5 heteroatoms. The van der Waals surface area contributed by atoms with Gasteiger partial charge >= 0.3 is 0 Å². The first-order chi connectivity index (χ1) is 13.3. The van der Waals surface area contributed by atoms with E-state index >= 15 is 0 Å². The van der Waals surface area contributed by atoms with Crippen molar-refractivity contribution in [2.45, 2.75) is 62.5 Å². The molecule has 0 spiro atoms. The van der Waals surface area contributed by atoms with Crippen LogP contribution >= 0.6 is 0 Å². The second-order valence-corrected chi connectivity index (χ2v) is 9.97. The van der Waals surface area contributed by atoms with E-state index in [0.29, 0.717) is 17.0 Å². The fourth-order valence-corrected chi connectivity index (χ4v) is 6.37. The molecule has 150 valence electrons. The Bertz CT molecular complexity index is 991. The molecule has 1 fully saturated rings. The van der Waals surface area contributed by atoms with Crippen LogP contribution in [-0.2, 0) is 23.3 Å². The summed E-state index contributed by atoms with van der Waals surface area (Å²) in [6, 6.07) is 7.15. The van der Waals surface area contributed by atoms with Gasteiger partial charge in [-0.25, -0.2) is 8.42 Å². The Morgan fingerprint density at radius 3 is 2.32 bits per heavy atom. The highest BCUT2D eigenvalue weighted by atomic mass is 32.2. The molecule has 1 aromatic heterocycles. The highest BCUT2D eigenvalue weighted by Crippen LogP contribution is 2.34. The van der Waals surface area contributed by atoms with Crippen LogP contribution in [0.4, 0.5) is 0 Å². The minimum absolute atomic E-state index is 0.0214. The lowest BCUT2D eigenvalue weighted by molar-refractivity contribution is 0.100. The van der Waals surface area contributed by atoms with Crippen molar-refractivity contribution in [3.63, 3.8) is 0 Å². The fraction of sp³-hybridized carbons (Fsp3) is 0.435. The first-order valence-electron chi connectivity index (χ1n) is 9.93. The number of hydrogen-bond acceptors (Lipinski definition) is 3. The molecular weight excluding hydrogens is 370 g/mol. The summed E-state index contributed by atoms with van der Waals surface area (Å²) in [5.74, 6) is 0.0214. The minimum Gasteiger partial charge on any atom is -0.341 e. The standard InChI is InChI=1S/C23H29NO3S/c1-5-9-21-16(2)22(17(3)25)24(4)23(21)18-12-14-20(15-13-18)28(26,27)19-10-7-6-8-11-19/h5,12-15,19H,1,6-11H2,2-4H3. The number of ketones is 1. The van der Waals surface area contributed by atoms with E-state index in [4.69, 9.17) is 0 Å². The zero-order chi connectivity index (χ0) is 20.5. The van der Waals surface area contributed by atoms with E-state index in [0.717, 1.165) is 54.5 Å². The number of benzene rings is 1. The van der Waals surface area contributed by atoms with Crippen molar-refractivity contribution in [1.29, 1.82) is 0 Å². The quantitative estimate of drug-likeness (QED) is 0.505. The number of nitrogens with zero attached hydrogens (tertiary/aromatic N) is 1. The third-order valence-corrected chi connectivity index (χ3v) is 8.17. The molecule has 0 atom stereocenters. The molecule has 1 aromatic carbocycles. The van der Waals surface area contributed by atoms with E-state index in [1.165, 1.54) is 0 Å². The lowest BCUT2D eigenvalue weighted by atomic mass is 10.0. The van der Waals surface area contributed by atoms with E-state index in [2.05, 4.69) is 6.58 Å². The first-order valence-corrected chi connectivity index (χ1v) is 11.5. The molecule has 4 nitrogen and oxygen atoms in total. The second-order valence-electron chi connectivity index (χ2n) is 7.74. The Hall–Kier alpha value is -2.14. The van der Waals surface area contributed by atoms with Gasteiger partial charge < -0.3 is 4.57 Å². The molecule has 28 heavy (non-hydrogen) atoms. The molecule has 0 saturated heterocycles. The van der Waals surface area contributed by atoms with Crippen molar-refractivity contribution in [3.05, 3.63) is 53.7 Å². The first kappa shape index (κ1) is 20.6. The van der Waals surface area contributed by atoms with Gasteiger partial charge in [0.05, 0.1) is 21.5 Å². The summed E-state index contributed by atoms with van der Waals surface area (Å²) in [7, 11) is -1.40. The van der Waals surface area contributed by atoms with Crippen molar-refractivity contribution in [2.75, 3.05) is 0 Å². The van der Waals surface area contributed by atoms with Gasteiger partial charge in [-0.05, 0) is 55.0 Å². The monoisotopic (exact) mass is 399 g/mol. The Morgan fingerprint density at radius 1 is 1.18 bits per heavy atom. The maximum atomic E-state index is 13.0. The fourth-order valence-electron chi connectivity index (χ4n) is 4.52. The predicted molar refractivity (Wildman–Crippen MR) is 114 cm³/mol. The van der Waals surface area contributed by atoms with Gasteiger partial charge in [0.25, 0.3) is 0 Å². The average molecular weight is 400 g/mol. The summed E-state index contributed by atoms with van der Waals surface area (Å²) >= 11 is 0. The number of hydrogen-bond donors (Lipinski definition) is 0. The number of carbonyl (C=O) groups is 1. The number of allylic oxidation sites excluding steroid dienone is 1. The number of carbonyl (C=O) groups excluding carboxylic acids is 1. The molecule has 1 aliphatic rings. The summed E-state index contributed by atoms with van der Waals surface area (Å²) in [5, 5.41) is -0.259. The molecule has 1 saturated carbocycles. The van der Waals surface area contributed by atoms with Gasteiger partial charge in [-0.1, -0.05) is 37.5 Å². The Labute approximate surface area is 168 Å². The van der Waals surface area contributed by atoms with Crippen LogP contribution in [-0.4, -0.2) is 24.0 Å². The van der Waals surface area contributed by atoms with Crippen molar-refractivity contribution in [2.24, 2.45) is 7.05 Å². The van der Waals surface area contributed by atoms with Gasteiger partial charge in [0.1, 0.15) is 0 Å². The SMILES string of the molecule is C=CCc1c(C)c(C(C)=O)n(C)c1-c1ccc(S(=O)(=O)C2CCCCC2)cc1. The molecule has 0 bridgehead atoms. The molecular formula is C23H29NO3S. The third-order valence-electron chi connectivity index (χ3n) is 5.89. The molecule has 0 amide bonds. The van der Waals surface area contributed by atoms with Gasteiger partial charge in [0.15, 0.2) is 15.6 Å². The minimum atomic E-state index is -3.28. The molecule has 0 unspecified atom stereocenters. The largest absolute Gasteiger partial charge is 0.341 e. The lowest BCUT2D eigenvalue weighted by Gasteiger charge is -2.22. The Balaban J connectivity index is 2.03. The van der Waals surface area contributed by atoms with Crippen LogP contribution in [0.3, 0.4) is 0 Å². The molecule has 3 rings (SSSR count). The topological polar surface area (TPSA) is 56.1 Å². The number of Topliss-reactive ketones (excluding diaryl/α,β-unsaturated/α-hetero) is 1. The molecule has 2 aromatic rings. The summed E-state index contributed by atoms with van der Waals surface area (Å²) < 4.78 is 27.8. The average Bonchev–Trinajstić information content (AvgIpc) is 2.93. The van der Waals surface area contributed by atoms with Crippen molar-refractivity contribution in [3.8, 4) is 11.3 Å². The summed E-state index contributed by atoms with van der Waals surface area (Å²) in [6.45, 7) is 7.37. The van der Waals surface area contributed by atoms with E-state index in [1.54, 1.807) is 19.1 Å². The molecule has 1 heterocycles. The summed E-state index contributed by atoms with van der Waals surface area (Å²) in [4.78, 5) is 12.5. The highest BCUT2D eigenvalue weighted by Gasteiger charge is 2.29. The Morgan fingerprint density at radius 2 is 1.79 bits per heavy atom. The maximum Gasteiger partial charge on any atom is 0.181 e. The van der Waals surface area contributed by atoms with E-state index in [-0.39, 0.29) is 11.0 Å². The van der Waals surface area contributed by atoms with Crippen LogP contribution in [0.15, 0.2) is 41.8 Å². The second kappa shape index (κ2) is 8.08. The van der Waals surface area contributed by atoms with Crippen LogP contribution in [0.5, 0.6) is 0 Å². The van der Waals surface area contributed by atoms with Gasteiger partial charge in [-0.15, -0.1) is 6.58 Å². The lowest BCUT2D eigenvalue weighted by Crippen LogP contribution is -2.24. The van der Waals surface area contributed by atoms with Crippen LogP contribution in [0, 0.1) is 6.92 Å².